The molecule has 19 heavy (non-hydrogen) atoms. The van der Waals surface area contributed by atoms with E-state index in [9.17, 15) is 14.7 Å². The van der Waals surface area contributed by atoms with E-state index in [0.29, 0.717) is 12.8 Å². The normalized spacial score (nSPS) is 46.6. The molecule has 0 heterocycles. The molecule has 0 spiro atoms. The summed E-state index contributed by atoms with van der Waals surface area (Å²) in [5, 5.41) is 10.4. The van der Waals surface area contributed by atoms with Crippen molar-refractivity contribution >= 4 is 11.8 Å². The highest BCUT2D eigenvalue weighted by Gasteiger charge is 2.59. The van der Waals surface area contributed by atoms with Gasteiger partial charge in [0.1, 0.15) is 11.9 Å². The van der Waals surface area contributed by atoms with Crippen molar-refractivity contribution in [2.24, 2.45) is 23.2 Å². The van der Waals surface area contributed by atoms with Crippen LogP contribution in [0.5, 0.6) is 0 Å². The average molecular weight is 268 g/mol. The minimum Gasteiger partial charge on any atom is -0.461 e. The van der Waals surface area contributed by atoms with E-state index in [4.69, 9.17) is 4.74 Å². The van der Waals surface area contributed by atoms with Gasteiger partial charge in [0.2, 0.25) is 0 Å². The van der Waals surface area contributed by atoms with Gasteiger partial charge >= 0.3 is 5.97 Å². The maximum atomic E-state index is 12.7. The highest BCUT2D eigenvalue weighted by molar-refractivity contribution is 5.89. The summed E-state index contributed by atoms with van der Waals surface area (Å²) >= 11 is 0. The first kappa shape index (κ1) is 14.5. The summed E-state index contributed by atoms with van der Waals surface area (Å²) in [6, 6.07) is 0. The summed E-state index contributed by atoms with van der Waals surface area (Å²) in [7, 11) is 0. The zero-order chi connectivity index (χ0) is 14.4. The average Bonchev–Trinajstić information content (AvgIpc) is 2.30. The fourth-order valence-corrected chi connectivity index (χ4v) is 4.33. The molecule has 2 aliphatic carbocycles. The van der Waals surface area contributed by atoms with Crippen molar-refractivity contribution in [1.82, 2.24) is 0 Å². The van der Waals surface area contributed by atoms with Gasteiger partial charge in [-0.15, -0.1) is 0 Å². The van der Waals surface area contributed by atoms with Crippen LogP contribution in [0.3, 0.4) is 0 Å². The van der Waals surface area contributed by atoms with E-state index >= 15 is 0 Å². The second-order valence-corrected chi connectivity index (χ2v) is 6.53. The second kappa shape index (κ2) is 4.89. The van der Waals surface area contributed by atoms with Crippen LogP contribution in [0.25, 0.3) is 0 Å². The summed E-state index contributed by atoms with van der Waals surface area (Å²) in [5.74, 6) is -0.196. The quantitative estimate of drug-likeness (QED) is 0.738. The molecule has 0 aromatic carbocycles. The van der Waals surface area contributed by atoms with Gasteiger partial charge in [-0.05, 0) is 32.1 Å². The van der Waals surface area contributed by atoms with Crippen molar-refractivity contribution in [3.05, 3.63) is 0 Å². The molecule has 1 N–H and O–H groups in total. The molecule has 4 nitrogen and oxygen atoms in total. The molecule has 0 radical (unpaired) electrons. The van der Waals surface area contributed by atoms with Gasteiger partial charge in [0.25, 0.3) is 0 Å². The number of esters is 1. The van der Waals surface area contributed by atoms with Crippen molar-refractivity contribution in [2.45, 2.75) is 59.2 Å². The minimum atomic E-state index is -0.736. The number of carbonyl (C=O) groups is 2. The molecular formula is C15H24O4. The molecule has 6 atom stereocenters. The lowest BCUT2D eigenvalue weighted by Crippen LogP contribution is -2.61. The number of ether oxygens (including phenoxy) is 1. The maximum Gasteiger partial charge on any atom is 0.302 e. The Hall–Kier alpha value is -0.900. The van der Waals surface area contributed by atoms with Crippen LogP contribution in [-0.4, -0.2) is 29.1 Å². The Morgan fingerprint density at radius 2 is 2.00 bits per heavy atom. The molecule has 6 unspecified atom stereocenters. The lowest BCUT2D eigenvalue weighted by atomic mass is 9.52. The van der Waals surface area contributed by atoms with E-state index < -0.39 is 17.6 Å². The third-order valence-electron chi connectivity index (χ3n) is 5.15. The number of hydrogen-bond donors (Lipinski definition) is 1. The Balaban J connectivity index is 2.39. The van der Waals surface area contributed by atoms with E-state index in [0.717, 1.165) is 6.42 Å². The summed E-state index contributed by atoms with van der Waals surface area (Å²) in [4.78, 5) is 23.9. The first-order chi connectivity index (χ1) is 8.78. The van der Waals surface area contributed by atoms with Gasteiger partial charge in [-0.1, -0.05) is 13.8 Å². The third-order valence-corrected chi connectivity index (χ3v) is 5.15. The lowest BCUT2D eigenvalue weighted by Gasteiger charge is -2.54. The number of rotatable bonds is 1. The van der Waals surface area contributed by atoms with E-state index in [1.807, 2.05) is 13.8 Å². The van der Waals surface area contributed by atoms with Gasteiger partial charge in [0.05, 0.1) is 11.5 Å². The zero-order valence-corrected chi connectivity index (χ0v) is 12.2. The van der Waals surface area contributed by atoms with Crippen LogP contribution in [0.2, 0.25) is 0 Å². The fraction of sp³-hybridized carbons (Fsp3) is 0.867. The van der Waals surface area contributed by atoms with Crippen LogP contribution in [0.15, 0.2) is 0 Å². The Morgan fingerprint density at radius 3 is 2.58 bits per heavy atom. The molecule has 2 rings (SSSR count). The van der Waals surface area contributed by atoms with Crippen LogP contribution >= 0.6 is 0 Å². The molecule has 0 aliphatic heterocycles. The summed E-state index contributed by atoms with van der Waals surface area (Å²) in [6.07, 6.45) is 1.24. The summed E-state index contributed by atoms with van der Waals surface area (Å²) in [5.41, 5.74) is -0.736. The number of fused-ring (bicyclic) bond motifs is 1. The topological polar surface area (TPSA) is 63.6 Å². The number of aliphatic hydroxyl groups excluding tert-OH is 1. The van der Waals surface area contributed by atoms with Crippen molar-refractivity contribution < 1.29 is 19.4 Å². The fourth-order valence-electron chi connectivity index (χ4n) is 4.33. The molecule has 108 valence electrons. The predicted octanol–water partition coefficient (Wildman–Crippen LogP) is 1.94. The molecule has 2 aliphatic rings. The second-order valence-electron chi connectivity index (χ2n) is 6.53. The van der Waals surface area contributed by atoms with Gasteiger partial charge < -0.3 is 9.84 Å². The standard InChI is InChI=1S/C15H24O4/c1-8-5-6-12(19-10(3)16)15(4)13(8)11(17)7-9(2)14(15)18/h8-9,11-13,17H,5-7H2,1-4H3. The molecular weight excluding hydrogens is 244 g/mol. The van der Waals surface area contributed by atoms with Gasteiger partial charge in [0.15, 0.2) is 0 Å². The van der Waals surface area contributed by atoms with Gasteiger partial charge in [0, 0.05) is 18.8 Å². The molecule has 0 aromatic heterocycles. The first-order valence-corrected chi connectivity index (χ1v) is 7.18. The molecule has 0 saturated heterocycles. The minimum absolute atomic E-state index is 0.103. The van der Waals surface area contributed by atoms with E-state index in [2.05, 4.69) is 6.92 Å². The largest absolute Gasteiger partial charge is 0.461 e. The maximum absolute atomic E-state index is 12.7. The number of aliphatic hydroxyl groups is 1. The lowest BCUT2D eigenvalue weighted by molar-refractivity contribution is -0.187. The molecule has 2 saturated carbocycles. The van der Waals surface area contributed by atoms with Gasteiger partial charge in [-0.25, -0.2) is 0 Å². The highest BCUT2D eigenvalue weighted by Crippen LogP contribution is 2.53. The molecule has 2 fully saturated rings. The Labute approximate surface area is 114 Å². The third kappa shape index (κ3) is 2.20. The Kier molecular flexibility index (Phi) is 3.74. The summed E-state index contributed by atoms with van der Waals surface area (Å²) < 4.78 is 5.41. The van der Waals surface area contributed by atoms with Crippen LogP contribution in [0, 0.1) is 23.2 Å². The van der Waals surface area contributed by atoms with Crippen molar-refractivity contribution in [3.8, 4) is 0 Å². The molecule has 4 heteroatoms. The van der Waals surface area contributed by atoms with Crippen LogP contribution < -0.4 is 0 Å². The zero-order valence-electron chi connectivity index (χ0n) is 12.2. The number of hydrogen-bond acceptors (Lipinski definition) is 4. The number of Topliss-reactive ketones (excluding diaryl/α,β-unsaturated/α-hetero) is 1. The number of ketones is 1. The van der Waals surface area contributed by atoms with Crippen LogP contribution in [0.4, 0.5) is 0 Å². The Bertz CT molecular complexity index is 392. The van der Waals surface area contributed by atoms with Crippen molar-refractivity contribution in [1.29, 1.82) is 0 Å². The predicted molar refractivity (Wildman–Crippen MR) is 70.3 cm³/mol. The van der Waals surface area contributed by atoms with Crippen LogP contribution in [0.1, 0.15) is 47.0 Å². The van der Waals surface area contributed by atoms with Gasteiger partial charge in [-0.2, -0.15) is 0 Å². The van der Waals surface area contributed by atoms with E-state index in [-0.39, 0.29) is 29.5 Å². The molecule has 0 aromatic rings. The van der Waals surface area contributed by atoms with Crippen molar-refractivity contribution in [3.63, 3.8) is 0 Å². The van der Waals surface area contributed by atoms with Crippen LogP contribution in [-0.2, 0) is 14.3 Å². The highest BCUT2D eigenvalue weighted by atomic mass is 16.5. The first-order valence-electron chi connectivity index (χ1n) is 7.18. The van der Waals surface area contributed by atoms with E-state index in [1.165, 1.54) is 6.92 Å². The Morgan fingerprint density at radius 1 is 1.37 bits per heavy atom. The monoisotopic (exact) mass is 268 g/mol. The van der Waals surface area contributed by atoms with Crippen molar-refractivity contribution in [2.75, 3.05) is 0 Å². The summed E-state index contributed by atoms with van der Waals surface area (Å²) in [6.45, 7) is 7.20. The molecule has 0 amide bonds. The number of carbonyl (C=O) groups excluding carboxylic acids is 2. The van der Waals surface area contributed by atoms with E-state index in [1.54, 1.807) is 0 Å². The van der Waals surface area contributed by atoms with Gasteiger partial charge in [-0.3, -0.25) is 9.59 Å². The molecule has 0 bridgehead atoms. The SMILES string of the molecule is CC(=O)OC1CCC(C)C2C(O)CC(C)C(=O)C12C. The smallest absolute Gasteiger partial charge is 0.302 e.